The van der Waals surface area contributed by atoms with Gasteiger partial charge in [0.25, 0.3) is 8.32 Å². The molecule has 0 saturated carbocycles. The van der Waals surface area contributed by atoms with Gasteiger partial charge in [0.1, 0.15) is 5.76 Å². The lowest BCUT2D eigenvalue weighted by atomic mass is 9.86. The summed E-state index contributed by atoms with van der Waals surface area (Å²) in [6, 6.07) is 18.1. The fraction of sp³-hybridized carbons (Fsp3) is 0.464. The smallest absolute Gasteiger partial charge is 0.313 e. The van der Waals surface area contributed by atoms with Gasteiger partial charge in [0.15, 0.2) is 0 Å². The highest BCUT2D eigenvalue weighted by atomic mass is 79.9. The van der Waals surface area contributed by atoms with Crippen LogP contribution in [0.15, 0.2) is 65.1 Å². The Hall–Kier alpha value is -1.85. The number of halogens is 1. The summed E-state index contributed by atoms with van der Waals surface area (Å²) >= 11 is 3.49. The second-order valence-corrected chi connectivity index (χ2v) is 16.0. The second kappa shape index (κ2) is 12.0. The summed E-state index contributed by atoms with van der Waals surface area (Å²) in [5.41, 5.74) is 3.32. The molecule has 0 aliphatic heterocycles. The van der Waals surface area contributed by atoms with Crippen LogP contribution >= 0.6 is 15.9 Å². The number of hydrogen-bond donors (Lipinski definition) is 0. The third-order valence-corrected chi connectivity index (χ3v) is 13.2. The minimum absolute atomic E-state index is 0.119. The van der Waals surface area contributed by atoms with E-state index < -0.39 is 14.2 Å². The van der Waals surface area contributed by atoms with E-state index in [-0.39, 0.29) is 11.9 Å². The summed E-state index contributed by atoms with van der Waals surface area (Å²) in [6.45, 7) is 15.8. The van der Waals surface area contributed by atoms with Gasteiger partial charge < -0.3 is 9.16 Å². The molecule has 0 fully saturated rings. The van der Waals surface area contributed by atoms with Crippen LogP contribution in [0.4, 0.5) is 0 Å². The lowest BCUT2D eigenvalue weighted by Crippen LogP contribution is -2.47. The van der Waals surface area contributed by atoms with Gasteiger partial charge in [-0.15, -0.1) is 0 Å². The minimum Gasteiger partial charge on any atom is -0.542 e. The Balaban J connectivity index is 2.61. The normalized spacial score (nSPS) is 14.5. The first-order chi connectivity index (χ1) is 15.5. The van der Waals surface area contributed by atoms with Crippen LogP contribution in [0, 0.1) is 5.92 Å². The molecule has 0 aliphatic carbocycles. The topological polar surface area (TPSA) is 35.5 Å². The molecular weight excluding hydrogens is 492 g/mol. The van der Waals surface area contributed by atoms with E-state index in [0.29, 0.717) is 16.6 Å². The van der Waals surface area contributed by atoms with Gasteiger partial charge in [-0.1, -0.05) is 107 Å². The van der Waals surface area contributed by atoms with E-state index in [1.165, 1.54) is 7.11 Å². The van der Waals surface area contributed by atoms with E-state index >= 15 is 0 Å². The molecule has 0 spiro atoms. The van der Waals surface area contributed by atoms with Crippen LogP contribution in [0.1, 0.15) is 65.5 Å². The molecule has 0 N–H and O–H groups in total. The molecule has 2 aromatic carbocycles. The Bertz CT molecular complexity index is 898. The van der Waals surface area contributed by atoms with Gasteiger partial charge in [0.2, 0.25) is 0 Å². The van der Waals surface area contributed by atoms with Crippen molar-refractivity contribution in [3.8, 4) is 0 Å². The SMILES string of the molecule is COC(=O)[C@@H](c1ccc(Br)cc1)[C@@H](C)/C=C(\O[Si](C(C)C)(C(C)C)C(C)C)c1ccccc1. The van der Waals surface area contributed by atoms with Crippen LogP contribution in [0.2, 0.25) is 16.6 Å². The molecule has 2 atom stereocenters. The van der Waals surface area contributed by atoms with Crippen molar-refractivity contribution >= 4 is 36.0 Å². The third-order valence-electron chi connectivity index (χ3n) is 6.68. The Morgan fingerprint density at radius 3 is 1.82 bits per heavy atom. The minimum atomic E-state index is -2.19. The number of rotatable bonds is 10. The number of ether oxygens (including phenoxy) is 1. The Morgan fingerprint density at radius 2 is 1.36 bits per heavy atom. The summed E-state index contributed by atoms with van der Waals surface area (Å²) in [5, 5.41) is 0. The summed E-state index contributed by atoms with van der Waals surface area (Å²) in [7, 11) is -0.736. The fourth-order valence-corrected chi connectivity index (χ4v) is 10.7. The van der Waals surface area contributed by atoms with Crippen LogP contribution < -0.4 is 0 Å². The van der Waals surface area contributed by atoms with Gasteiger partial charge in [-0.25, -0.2) is 0 Å². The highest BCUT2D eigenvalue weighted by Gasteiger charge is 2.47. The van der Waals surface area contributed by atoms with Crippen molar-refractivity contribution < 1.29 is 14.0 Å². The molecule has 0 bridgehead atoms. The molecule has 3 nitrogen and oxygen atoms in total. The lowest BCUT2D eigenvalue weighted by molar-refractivity contribution is -0.143. The second-order valence-electron chi connectivity index (χ2n) is 9.73. The van der Waals surface area contributed by atoms with Gasteiger partial charge in [0.05, 0.1) is 13.0 Å². The van der Waals surface area contributed by atoms with Crippen molar-refractivity contribution in [1.82, 2.24) is 0 Å². The molecule has 0 amide bonds. The number of benzene rings is 2. The van der Waals surface area contributed by atoms with Gasteiger partial charge in [-0.2, -0.15) is 0 Å². The maximum Gasteiger partial charge on any atom is 0.313 e. The standard InChI is InChI=1S/C28H39BrO3Si/c1-19(2)33(20(3)4,21(5)6)32-26(23-12-10-9-11-13-23)18-22(7)27(28(30)31-8)24-14-16-25(29)17-15-24/h9-22,27H,1-8H3/b26-18-/t22-,27+/m0/s1. The number of allylic oxidation sites excluding steroid dienone is 1. The molecule has 0 heterocycles. The Kier molecular flexibility index (Phi) is 9.98. The van der Waals surface area contributed by atoms with Crippen molar-refractivity contribution in [2.75, 3.05) is 7.11 Å². The molecule has 2 rings (SSSR count). The molecule has 0 aliphatic rings. The van der Waals surface area contributed by atoms with Crippen molar-refractivity contribution in [1.29, 1.82) is 0 Å². The molecule has 0 unspecified atom stereocenters. The van der Waals surface area contributed by atoms with E-state index in [2.05, 4.69) is 82.6 Å². The predicted molar refractivity (Wildman–Crippen MR) is 145 cm³/mol. The quantitative estimate of drug-likeness (QED) is 0.175. The molecule has 5 heteroatoms. The van der Waals surface area contributed by atoms with E-state index in [1.807, 2.05) is 42.5 Å². The van der Waals surface area contributed by atoms with Crippen LogP contribution in [0.25, 0.3) is 5.76 Å². The monoisotopic (exact) mass is 530 g/mol. The van der Waals surface area contributed by atoms with E-state index in [9.17, 15) is 4.79 Å². The molecule has 33 heavy (non-hydrogen) atoms. The number of hydrogen-bond acceptors (Lipinski definition) is 3. The van der Waals surface area contributed by atoms with Gasteiger partial charge >= 0.3 is 5.97 Å². The number of esters is 1. The average molecular weight is 532 g/mol. The van der Waals surface area contributed by atoms with Crippen LogP contribution in [0.3, 0.4) is 0 Å². The summed E-state index contributed by atoms with van der Waals surface area (Å²) < 4.78 is 13.3. The lowest BCUT2D eigenvalue weighted by Gasteiger charge is -2.43. The highest BCUT2D eigenvalue weighted by Crippen LogP contribution is 2.45. The zero-order valence-electron chi connectivity index (χ0n) is 21.3. The van der Waals surface area contributed by atoms with E-state index in [0.717, 1.165) is 21.4 Å². The molecule has 0 radical (unpaired) electrons. The predicted octanol–water partition coefficient (Wildman–Crippen LogP) is 8.58. The Morgan fingerprint density at radius 1 is 0.848 bits per heavy atom. The molecule has 180 valence electrons. The largest absolute Gasteiger partial charge is 0.542 e. The number of carbonyl (C=O) groups is 1. The van der Waals surface area contributed by atoms with Crippen LogP contribution in [-0.4, -0.2) is 21.4 Å². The molecular formula is C28H39BrO3Si. The van der Waals surface area contributed by atoms with Crippen LogP contribution in [0.5, 0.6) is 0 Å². The molecule has 0 aromatic heterocycles. The zero-order valence-corrected chi connectivity index (χ0v) is 23.8. The summed E-state index contributed by atoms with van der Waals surface area (Å²) in [5.74, 6) is 0.0936. The van der Waals surface area contributed by atoms with E-state index in [4.69, 9.17) is 9.16 Å². The molecule has 2 aromatic rings. The highest BCUT2D eigenvalue weighted by molar-refractivity contribution is 9.10. The summed E-state index contributed by atoms with van der Waals surface area (Å²) in [6.07, 6.45) is 2.13. The first-order valence-electron chi connectivity index (χ1n) is 11.8. The Labute approximate surface area is 209 Å². The van der Waals surface area contributed by atoms with Crippen molar-refractivity contribution in [2.24, 2.45) is 5.92 Å². The van der Waals surface area contributed by atoms with Gasteiger partial charge in [0, 0.05) is 10.0 Å². The van der Waals surface area contributed by atoms with Crippen molar-refractivity contribution in [2.45, 2.75) is 71.0 Å². The number of methoxy groups -OCH3 is 1. The first kappa shape index (κ1) is 27.4. The first-order valence-corrected chi connectivity index (χ1v) is 14.8. The maximum atomic E-state index is 12.9. The molecule has 0 saturated heterocycles. The van der Waals surface area contributed by atoms with Crippen molar-refractivity contribution in [3.63, 3.8) is 0 Å². The zero-order chi connectivity index (χ0) is 24.8. The number of carbonyl (C=O) groups excluding carboxylic acids is 1. The van der Waals surface area contributed by atoms with Crippen molar-refractivity contribution in [3.05, 3.63) is 76.3 Å². The maximum absolute atomic E-state index is 12.9. The summed E-state index contributed by atoms with van der Waals surface area (Å²) in [4.78, 5) is 12.9. The van der Waals surface area contributed by atoms with Gasteiger partial charge in [-0.3, -0.25) is 4.79 Å². The van der Waals surface area contributed by atoms with E-state index in [1.54, 1.807) is 0 Å². The average Bonchev–Trinajstić information content (AvgIpc) is 2.77. The third kappa shape index (κ3) is 6.39. The fourth-order valence-electron chi connectivity index (χ4n) is 5.12. The van der Waals surface area contributed by atoms with Gasteiger partial charge in [-0.05, 0) is 46.3 Å². The van der Waals surface area contributed by atoms with Crippen LogP contribution in [-0.2, 0) is 14.0 Å².